The SMILES string of the molecule is CC(C)c1nn2c(c1C(N)=O)NCC[C@@H]2C1CCN(C(C)C)CC1. The molecular weight excluding hydrogens is 302 g/mol. The van der Waals surface area contributed by atoms with E-state index in [1.165, 1.54) is 12.8 Å². The van der Waals surface area contributed by atoms with E-state index >= 15 is 0 Å². The molecule has 3 N–H and O–H groups in total. The van der Waals surface area contributed by atoms with Crippen molar-refractivity contribution in [3.63, 3.8) is 0 Å². The maximum absolute atomic E-state index is 12.0. The first-order chi connectivity index (χ1) is 11.4. The Labute approximate surface area is 144 Å². The highest BCUT2D eigenvalue weighted by Crippen LogP contribution is 2.38. The fourth-order valence-electron chi connectivity index (χ4n) is 4.23. The summed E-state index contributed by atoms with van der Waals surface area (Å²) in [5.74, 6) is 1.29. The van der Waals surface area contributed by atoms with Gasteiger partial charge < -0.3 is 16.0 Å². The van der Waals surface area contributed by atoms with Crippen LogP contribution < -0.4 is 11.1 Å². The first-order valence-corrected chi connectivity index (χ1v) is 9.30. The number of carbonyl (C=O) groups is 1. The maximum atomic E-state index is 12.0. The summed E-state index contributed by atoms with van der Waals surface area (Å²) in [6.45, 7) is 11.9. The highest BCUT2D eigenvalue weighted by atomic mass is 16.1. The lowest BCUT2D eigenvalue weighted by molar-refractivity contribution is 0.0998. The summed E-state index contributed by atoms with van der Waals surface area (Å²) in [4.78, 5) is 14.5. The van der Waals surface area contributed by atoms with Gasteiger partial charge in [-0.1, -0.05) is 13.8 Å². The van der Waals surface area contributed by atoms with Crippen molar-refractivity contribution >= 4 is 11.7 Å². The van der Waals surface area contributed by atoms with Gasteiger partial charge in [-0.3, -0.25) is 4.79 Å². The highest BCUT2D eigenvalue weighted by Gasteiger charge is 2.35. The molecule has 0 aliphatic carbocycles. The Hall–Kier alpha value is -1.56. The summed E-state index contributed by atoms with van der Waals surface area (Å²) < 4.78 is 2.08. The number of nitrogens with two attached hydrogens (primary N) is 1. The third-order valence-corrected chi connectivity index (χ3v) is 5.63. The summed E-state index contributed by atoms with van der Waals surface area (Å²) >= 11 is 0. The van der Waals surface area contributed by atoms with E-state index in [1.807, 2.05) is 0 Å². The average molecular weight is 333 g/mol. The van der Waals surface area contributed by atoms with Crippen molar-refractivity contribution < 1.29 is 4.79 Å². The molecule has 1 aromatic rings. The number of piperidine rings is 1. The lowest BCUT2D eigenvalue weighted by atomic mass is 9.86. The molecule has 1 aromatic heterocycles. The van der Waals surface area contributed by atoms with Crippen molar-refractivity contribution in [2.75, 3.05) is 25.0 Å². The predicted molar refractivity (Wildman–Crippen MR) is 96.4 cm³/mol. The van der Waals surface area contributed by atoms with Crippen LogP contribution in [0.5, 0.6) is 0 Å². The van der Waals surface area contributed by atoms with E-state index in [2.05, 4.69) is 42.6 Å². The topological polar surface area (TPSA) is 76.2 Å². The Morgan fingerprint density at radius 3 is 2.42 bits per heavy atom. The molecule has 1 atom stereocenters. The Balaban J connectivity index is 1.87. The Bertz CT molecular complexity index is 599. The molecule has 0 aromatic carbocycles. The molecule has 0 unspecified atom stereocenters. The van der Waals surface area contributed by atoms with Crippen LogP contribution in [0.15, 0.2) is 0 Å². The van der Waals surface area contributed by atoms with Gasteiger partial charge in [-0.05, 0) is 58.0 Å². The number of rotatable bonds is 4. The molecule has 1 amide bonds. The lowest BCUT2D eigenvalue weighted by Crippen LogP contribution is -2.41. The highest BCUT2D eigenvalue weighted by molar-refractivity contribution is 5.99. The first kappa shape index (κ1) is 17.3. The van der Waals surface area contributed by atoms with Gasteiger partial charge in [0.1, 0.15) is 11.4 Å². The Kier molecular flexibility index (Phi) is 4.85. The second kappa shape index (κ2) is 6.75. The maximum Gasteiger partial charge on any atom is 0.254 e. The van der Waals surface area contributed by atoms with Crippen LogP contribution in [0.25, 0.3) is 0 Å². The largest absolute Gasteiger partial charge is 0.370 e. The number of nitrogens with zero attached hydrogens (tertiary/aromatic N) is 3. The normalized spacial score (nSPS) is 22.7. The number of fused-ring (bicyclic) bond motifs is 1. The second-order valence-electron chi connectivity index (χ2n) is 7.82. The zero-order valence-corrected chi connectivity index (χ0v) is 15.4. The van der Waals surface area contributed by atoms with Crippen LogP contribution in [0, 0.1) is 5.92 Å². The number of anilines is 1. The molecule has 24 heavy (non-hydrogen) atoms. The molecule has 3 rings (SSSR count). The van der Waals surface area contributed by atoms with Crippen molar-refractivity contribution in [2.45, 2.75) is 65.0 Å². The van der Waals surface area contributed by atoms with Gasteiger partial charge in [0, 0.05) is 12.6 Å². The Morgan fingerprint density at radius 2 is 1.88 bits per heavy atom. The molecule has 2 aliphatic heterocycles. The van der Waals surface area contributed by atoms with Crippen LogP contribution in [0.2, 0.25) is 0 Å². The molecular formula is C18H31N5O. The van der Waals surface area contributed by atoms with E-state index in [0.717, 1.165) is 37.6 Å². The predicted octanol–water partition coefficient (Wildman–Crippen LogP) is 2.58. The van der Waals surface area contributed by atoms with E-state index < -0.39 is 0 Å². The molecule has 0 spiro atoms. The van der Waals surface area contributed by atoms with Gasteiger partial charge in [-0.2, -0.15) is 5.10 Å². The number of nitrogens with one attached hydrogen (secondary N) is 1. The van der Waals surface area contributed by atoms with Crippen LogP contribution in [-0.4, -0.2) is 46.3 Å². The van der Waals surface area contributed by atoms with Crippen molar-refractivity contribution in [2.24, 2.45) is 11.7 Å². The fraction of sp³-hybridized carbons (Fsp3) is 0.778. The summed E-state index contributed by atoms with van der Waals surface area (Å²) in [6, 6.07) is 0.995. The molecule has 6 heteroatoms. The van der Waals surface area contributed by atoms with E-state index in [4.69, 9.17) is 10.8 Å². The summed E-state index contributed by atoms with van der Waals surface area (Å²) in [7, 11) is 0. The van der Waals surface area contributed by atoms with Crippen molar-refractivity contribution in [1.29, 1.82) is 0 Å². The number of amides is 1. The van der Waals surface area contributed by atoms with Crippen molar-refractivity contribution in [3.8, 4) is 0 Å². The number of carbonyl (C=O) groups excluding carboxylic acids is 1. The van der Waals surface area contributed by atoms with Gasteiger partial charge in [0.15, 0.2) is 0 Å². The number of hydrogen-bond acceptors (Lipinski definition) is 4. The first-order valence-electron chi connectivity index (χ1n) is 9.30. The molecule has 134 valence electrons. The monoisotopic (exact) mass is 333 g/mol. The molecule has 0 radical (unpaired) electrons. The van der Waals surface area contributed by atoms with E-state index in [-0.39, 0.29) is 11.8 Å². The number of hydrogen-bond donors (Lipinski definition) is 2. The second-order valence-corrected chi connectivity index (χ2v) is 7.82. The van der Waals surface area contributed by atoms with Crippen LogP contribution >= 0.6 is 0 Å². The minimum atomic E-state index is -0.372. The lowest BCUT2D eigenvalue weighted by Gasteiger charge is -2.39. The van der Waals surface area contributed by atoms with Gasteiger partial charge in [-0.15, -0.1) is 0 Å². The molecule has 0 bridgehead atoms. The van der Waals surface area contributed by atoms with E-state index in [0.29, 0.717) is 23.6 Å². The number of primary amides is 1. The quantitative estimate of drug-likeness (QED) is 0.888. The Morgan fingerprint density at radius 1 is 1.21 bits per heavy atom. The van der Waals surface area contributed by atoms with Gasteiger partial charge in [0.2, 0.25) is 0 Å². The molecule has 6 nitrogen and oxygen atoms in total. The van der Waals surface area contributed by atoms with Gasteiger partial charge in [0.05, 0.1) is 11.7 Å². The summed E-state index contributed by atoms with van der Waals surface area (Å²) in [5.41, 5.74) is 7.08. The average Bonchev–Trinajstić information content (AvgIpc) is 2.94. The zero-order valence-electron chi connectivity index (χ0n) is 15.4. The third kappa shape index (κ3) is 3.04. The standard InChI is InChI=1S/C18H31N5O/c1-11(2)16-15(17(19)24)18-20-8-5-14(23(18)21-16)13-6-9-22(10-7-13)12(3)4/h11-14,20H,5-10H2,1-4H3,(H2,19,24)/t14-/m1/s1. The summed E-state index contributed by atoms with van der Waals surface area (Å²) in [5, 5.41) is 8.20. The molecule has 2 aliphatic rings. The van der Waals surface area contributed by atoms with Crippen LogP contribution in [0.1, 0.15) is 75.0 Å². The van der Waals surface area contributed by atoms with Gasteiger partial charge in [0.25, 0.3) is 5.91 Å². The van der Waals surface area contributed by atoms with Crippen molar-refractivity contribution in [3.05, 3.63) is 11.3 Å². The number of aromatic nitrogens is 2. The van der Waals surface area contributed by atoms with Crippen LogP contribution in [-0.2, 0) is 0 Å². The minimum Gasteiger partial charge on any atom is -0.370 e. The number of likely N-dealkylation sites (tertiary alicyclic amines) is 1. The van der Waals surface area contributed by atoms with Crippen LogP contribution in [0.4, 0.5) is 5.82 Å². The smallest absolute Gasteiger partial charge is 0.254 e. The van der Waals surface area contributed by atoms with Gasteiger partial charge in [-0.25, -0.2) is 4.68 Å². The van der Waals surface area contributed by atoms with E-state index in [1.54, 1.807) is 0 Å². The van der Waals surface area contributed by atoms with Crippen molar-refractivity contribution in [1.82, 2.24) is 14.7 Å². The molecule has 1 fully saturated rings. The summed E-state index contributed by atoms with van der Waals surface area (Å²) in [6.07, 6.45) is 3.47. The zero-order chi connectivity index (χ0) is 17.4. The van der Waals surface area contributed by atoms with Gasteiger partial charge >= 0.3 is 0 Å². The fourth-order valence-corrected chi connectivity index (χ4v) is 4.23. The van der Waals surface area contributed by atoms with Crippen LogP contribution in [0.3, 0.4) is 0 Å². The molecule has 0 saturated carbocycles. The minimum absolute atomic E-state index is 0.191. The third-order valence-electron chi connectivity index (χ3n) is 5.63. The molecule has 3 heterocycles. The molecule has 1 saturated heterocycles. The van der Waals surface area contributed by atoms with E-state index in [9.17, 15) is 4.79 Å².